The number of ether oxygens (including phenoxy) is 2. The highest BCUT2D eigenvalue weighted by molar-refractivity contribution is 8.44. The number of hydrogen-bond acceptors (Lipinski definition) is 15. The fraction of sp³-hybridized carbons (Fsp3) is 0.524. The highest BCUT2D eigenvalue weighted by Gasteiger charge is 2.46. The summed E-state index contributed by atoms with van der Waals surface area (Å²) in [5.74, 6) is 0.00201. The average molecular weight is 675 g/mol. The van der Waals surface area contributed by atoms with E-state index < -0.39 is 55.9 Å². The lowest BCUT2D eigenvalue weighted by molar-refractivity contribution is -0.0574. The predicted octanol–water partition coefficient (Wildman–Crippen LogP) is 1.53. The molecule has 4 N–H and O–H groups in total. The van der Waals surface area contributed by atoms with E-state index in [2.05, 4.69) is 37.2 Å². The maximum Gasteiger partial charge on any atom is 0.386 e. The summed E-state index contributed by atoms with van der Waals surface area (Å²) in [5.41, 5.74) is 5.50. The number of hydrogen-bond donors (Lipinski definition) is 4. The monoisotopic (exact) mass is 674 g/mol. The van der Waals surface area contributed by atoms with Crippen LogP contribution in [0.4, 0.5) is 11.8 Å². The van der Waals surface area contributed by atoms with Gasteiger partial charge in [0.2, 0.25) is 5.95 Å². The normalized spacial score (nSPS) is 36.6. The minimum atomic E-state index is -4.08. The number of nitrogen functional groups attached to an aromatic ring is 1. The van der Waals surface area contributed by atoms with Crippen LogP contribution in [0.15, 0.2) is 22.4 Å². The second-order valence-electron chi connectivity index (χ2n) is 10.1. The number of H-pyrrole nitrogens is 1. The lowest BCUT2D eigenvalue weighted by Crippen LogP contribution is -2.29. The maximum atomic E-state index is 13.5. The summed E-state index contributed by atoms with van der Waals surface area (Å²) in [6, 6.07) is 0. The van der Waals surface area contributed by atoms with Crippen LogP contribution < -0.4 is 11.3 Å². The largest absolute Gasteiger partial charge is 0.386 e. The summed E-state index contributed by atoms with van der Waals surface area (Å²) in [4.78, 5) is 54.6. The van der Waals surface area contributed by atoms with Crippen molar-refractivity contribution in [2.75, 3.05) is 18.9 Å². The van der Waals surface area contributed by atoms with E-state index in [0.717, 1.165) is 0 Å². The van der Waals surface area contributed by atoms with Gasteiger partial charge in [-0.2, -0.15) is 4.98 Å². The Labute approximate surface area is 251 Å². The van der Waals surface area contributed by atoms with Gasteiger partial charge in [0.25, 0.3) is 5.56 Å². The summed E-state index contributed by atoms with van der Waals surface area (Å²) < 4.78 is 51.7. The van der Waals surface area contributed by atoms with Crippen molar-refractivity contribution in [2.24, 2.45) is 4.99 Å². The predicted molar refractivity (Wildman–Crippen MR) is 154 cm³/mol. The van der Waals surface area contributed by atoms with Crippen molar-refractivity contribution >= 4 is 72.5 Å². The molecule has 3 aromatic heterocycles. The zero-order chi connectivity index (χ0) is 30.1. The minimum absolute atomic E-state index is 0.00316. The minimum Gasteiger partial charge on any atom is -0.369 e. The number of aromatic nitrogens is 6. The van der Waals surface area contributed by atoms with E-state index in [-0.39, 0.29) is 61.1 Å². The molecule has 0 radical (unpaired) electrons. The molecule has 2 unspecified atom stereocenters. The molecule has 0 saturated carbocycles. The molecule has 4 aliphatic heterocycles. The van der Waals surface area contributed by atoms with Crippen LogP contribution in [-0.4, -0.2) is 83.6 Å². The molecule has 22 heteroatoms. The first-order valence-electron chi connectivity index (χ1n) is 12.9. The second kappa shape index (κ2) is 10.9. The Morgan fingerprint density at radius 3 is 2.72 bits per heavy atom. The fourth-order valence-corrected chi connectivity index (χ4v) is 8.36. The number of anilines is 1. The van der Waals surface area contributed by atoms with Crippen LogP contribution in [0.5, 0.6) is 0 Å². The van der Waals surface area contributed by atoms with E-state index in [4.69, 9.17) is 45.1 Å². The summed E-state index contributed by atoms with van der Waals surface area (Å²) >= 11 is 9.48. The van der Waals surface area contributed by atoms with E-state index in [1.165, 1.54) is 23.4 Å². The van der Waals surface area contributed by atoms with Crippen molar-refractivity contribution in [2.45, 2.75) is 56.1 Å². The van der Waals surface area contributed by atoms with Crippen molar-refractivity contribution in [1.29, 1.82) is 0 Å². The molecule has 2 bridgehead atoms. The number of aliphatic imine (C=N–C) groups is 1. The van der Waals surface area contributed by atoms with E-state index in [1.807, 2.05) is 0 Å². The van der Waals surface area contributed by atoms with Gasteiger partial charge in [0.15, 0.2) is 34.7 Å². The number of aromatic amines is 1. The van der Waals surface area contributed by atoms with Gasteiger partial charge >= 0.3 is 13.5 Å². The number of Topliss-reactive ketones (excluding diaryl/α,β-unsaturated/α-hetero) is 1. The van der Waals surface area contributed by atoms with Gasteiger partial charge in [-0.1, -0.05) is 12.2 Å². The van der Waals surface area contributed by atoms with Crippen LogP contribution in [0.1, 0.15) is 42.2 Å². The Hall–Kier alpha value is -2.35. The van der Waals surface area contributed by atoms with Gasteiger partial charge in [-0.25, -0.2) is 19.5 Å². The number of nitrogens with one attached hydrogen (secondary N) is 1. The molecule has 3 fully saturated rings. The van der Waals surface area contributed by atoms with Gasteiger partial charge in [0.05, 0.1) is 38.1 Å². The smallest absolute Gasteiger partial charge is 0.369 e. The molecule has 0 aliphatic carbocycles. The van der Waals surface area contributed by atoms with Crippen molar-refractivity contribution in [3.05, 3.63) is 28.7 Å². The molecule has 4 aliphatic rings. The van der Waals surface area contributed by atoms with Crippen LogP contribution in [0.2, 0.25) is 0 Å². The molecular formula is C21H24N8O10P2S2. The Bertz CT molecular complexity index is 1800. The first-order valence-corrected chi connectivity index (χ1v) is 18.2. The Kier molecular flexibility index (Phi) is 7.46. The summed E-state index contributed by atoms with van der Waals surface area (Å²) in [6.45, 7) is -8.49. The first-order chi connectivity index (χ1) is 20.5. The number of thiol groups is 1. The van der Waals surface area contributed by atoms with Crippen molar-refractivity contribution < 1.29 is 41.8 Å². The summed E-state index contributed by atoms with van der Waals surface area (Å²) in [5, 5.41) is 0. The Morgan fingerprint density at radius 1 is 1.07 bits per heavy atom. The molecule has 18 nitrogen and oxygen atoms in total. The van der Waals surface area contributed by atoms with Crippen molar-refractivity contribution in [3.63, 3.8) is 0 Å². The lowest BCUT2D eigenvalue weighted by Gasteiger charge is -2.26. The van der Waals surface area contributed by atoms with Gasteiger partial charge in [-0.3, -0.25) is 32.8 Å². The molecule has 3 aromatic rings. The van der Waals surface area contributed by atoms with Crippen molar-refractivity contribution in [3.8, 4) is 0 Å². The third-order valence-electron chi connectivity index (χ3n) is 7.25. The maximum absolute atomic E-state index is 13.5. The molecule has 0 spiro atoms. The number of ketones is 1. The first kappa shape index (κ1) is 29.4. The van der Waals surface area contributed by atoms with Crippen LogP contribution in [0.25, 0.3) is 11.2 Å². The third-order valence-corrected chi connectivity index (χ3v) is 10.5. The van der Waals surface area contributed by atoms with Crippen LogP contribution in [-0.2, 0) is 43.9 Å². The van der Waals surface area contributed by atoms with Crippen LogP contribution in [0.3, 0.4) is 0 Å². The number of fused-ring (bicyclic) bond motifs is 5. The molecule has 3 saturated heterocycles. The van der Waals surface area contributed by atoms with Gasteiger partial charge in [-0.15, -0.1) is 0 Å². The molecule has 7 heterocycles. The lowest BCUT2D eigenvalue weighted by atomic mass is 10.2. The molecule has 0 amide bonds. The average Bonchev–Trinajstić information content (AvgIpc) is 3.71. The topological polar surface area (TPSA) is 230 Å². The fourth-order valence-electron chi connectivity index (χ4n) is 5.37. The Balaban J connectivity index is 1.16. The third kappa shape index (κ3) is 5.66. The second-order valence-corrected chi connectivity index (χ2v) is 15.8. The van der Waals surface area contributed by atoms with Gasteiger partial charge in [0, 0.05) is 25.5 Å². The molecule has 230 valence electrons. The van der Waals surface area contributed by atoms with Gasteiger partial charge in [-0.05, 0) is 11.8 Å². The van der Waals surface area contributed by atoms with Crippen LogP contribution in [0, 0.1) is 0 Å². The molecular weight excluding hydrogens is 650 g/mol. The van der Waals surface area contributed by atoms with Crippen molar-refractivity contribution in [1.82, 2.24) is 29.1 Å². The van der Waals surface area contributed by atoms with Crippen LogP contribution >= 0.6 is 25.8 Å². The molecule has 8 atom stereocenters. The summed E-state index contributed by atoms with van der Waals surface area (Å²) in [7, 11) is 0. The SMILES string of the molecule is Nc1nc2c(ncn2[C@@H]2O[C@@H]3COP(O)(=S)O[C@H]4C[C@H](n5cnc6c5N=CCC6=O)O[C@@H]4COP(=O)(S)O[C@@H]2C3)c(=O)[nH]1. The number of imidazole rings is 2. The Morgan fingerprint density at radius 2 is 1.88 bits per heavy atom. The molecule has 43 heavy (non-hydrogen) atoms. The van der Waals surface area contributed by atoms with E-state index in [1.54, 1.807) is 4.57 Å². The van der Waals surface area contributed by atoms with Gasteiger partial charge in [0.1, 0.15) is 18.4 Å². The van der Waals surface area contributed by atoms with E-state index in [0.29, 0.717) is 5.82 Å². The molecule has 0 aromatic carbocycles. The highest BCUT2D eigenvalue weighted by Crippen LogP contribution is 2.58. The zero-order valence-corrected chi connectivity index (χ0v) is 25.4. The number of nitrogens with zero attached hydrogens (tertiary/aromatic N) is 6. The summed E-state index contributed by atoms with van der Waals surface area (Å²) in [6.07, 6.45) is -0.557. The number of rotatable bonds is 2. The van der Waals surface area contributed by atoms with E-state index in [9.17, 15) is 19.0 Å². The zero-order valence-electron chi connectivity index (χ0n) is 21.9. The molecule has 7 rings (SSSR count). The number of carbonyl (C=O) groups is 1. The number of nitrogens with two attached hydrogens (primary N) is 1. The quantitative estimate of drug-likeness (QED) is 0.223. The number of carbonyl (C=O) groups excluding carboxylic acids is 1. The standard InChI is InChI=1S/C21H24N8O10P2S2/c22-21-26-18-16(19(31)27-21)25-8-29(18)20-12-3-9(36-20)5-34-40(32,42)38-11-4-14(37-13(11)6-35-41(33,43)39-12)28-7-24-15-10(30)1-2-23-17(15)28/h2,7-9,11-14,20H,1,3-6H2,(H,32,42)(H,33,43)(H3,22,26,27,31)/t9-,11-,12+,13+,14+,20+,40?,41?/m0/s1. The van der Waals surface area contributed by atoms with Gasteiger partial charge < -0.3 is 29.1 Å². The van der Waals surface area contributed by atoms with E-state index >= 15 is 0 Å². The highest BCUT2D eigenvalue weighted by atomic mass is 32.7.